The lowest BCUT2D eigenvalue weighted by atomic mass is 10.1. The van der Waals surface area contributed by atoms with Gasteiger partial charge in [-0.15, -0.1) is 0 Å². The molecule has 0 fully saturated rings. The van der Waals surface area contributed by atoms with Gasteiger partial charge in [0.15, 0.2) is 6.61 Å². The van der Waals surface area contributed by atoms with Crippen molar-refractivity contribution in [1.29, 1.82) is 0 Å². The Kier molecular flexibility index (Phi) is 8.24. The number of nitrogens with one attached hydrogen (secondary N) is 1. The highest BCUT2D eigenvalue weighted by molar-refractivity contribution is 7.89. The normalized spacial score (nSPS) is 11.4. The van der Waals surface area contributed by atoms with Crippen LogP contribution in [0, 0.1) is 6.92 Å². The van der Waals surface area contributed by atoms with Crippen LogP contribution in [0.1, 0.15) is 42.8 Å². The van der Waals surface area contributed by atoms with Crippen LogP contribution in [0.2, 0.25) is 0 Å². The number of sulfonamides is 1. The van der Waals surface area contributed by atoms with Gasteiger partial charge in [0.2, 0.25) is 21.7 Å². The molecule has 2 aromatic carbocycles. The van der Waals surface area contributed by atoms with Gasteiger partial charge in [0, 0.05) is 20.0 Å². The molecule has 0 aliphatic heterocycles. The fourth-order valence-electron chi connectivity index (χ4n) is 3.27. The van der Waals surface area contributed by atoms with Gasteiger partial charge in [-0.05, 0) is 37.3 Å². The zero-order chi connectivity index (χ0) is 24.7. The minimum Gasteiger partial charge on any atom is -0.492 e. The molecule has 182 valence electrons. The highest BCUT2D eigenvalue weighted by atomic mass is 32.2. The maximum Gasteiger partial charge on any atom is 0.259 e. The average Bonchev–Trinajstić information content (AvgIpc) is 3.24. The van der Waals surface area contributed by atoms with Gasteiger partial charge in [-0.3, -0.25) is 4.79 Å². The molecule has 10 nitrogen and oxygen atoms in total. The van der Waals surface area contributed by atoms with Gasteiger partial charge in [0.05, 0.1) is 22.8 Å². The minimum atomic E-state index is -3.72. The average molecular weight is 489 g/mol. The fourth-order valence-corrected chi connectivity index (χ4v) is 4.76. The Hall–Kier alpha value is -3.44. The van der Waals surface area contributed by atoms with Crippen LogP contribution in [-0.4, -0.2) is 48.5 Å². The molecule has 0 bridgehead atoms. The van der Waals surface area contributed by atoms with Crippen molar-refractivity contribution in [2.75, 3.05) is 25.0 Å². The Morgan fingerprint density at radius 1 is 1.06 bits per heavy atom. The smallest absolute Gasteiger partial charge is 0.259 e. The van der Waals surface area contributed by atoms with Crippen LogP contribution in [0.15, 0.2) is 51.9 Å². The molecule has 0 aliphatic carbocycles. The Balaban J connectivity index is 1.89. The van der Waals surface area contributed by atoms with Crippen molar-refractivity contribution >= 4 is 21.6 Å². The van der Waals surface area contributed by atoms with Crippen LogP contribution < -0.4 is 14.8 Å². The maximum atomic E-state index is 13.2. The summed E-state index contributed by atoms with van der Waals surface area (Å²) in [7, 11) is -3.72. The van der Waals surface area contributed by atoms with Crippen LogP contribution in [0.4, 0.5) is 5.69 Å². The zero-order valence-electron chi connectivity index (χ0n) is 19.6. The second-order valence-corrected chi connectivity index (χ2v) is 9.09. The third-order valence-electron chi connectivity index (χ3n) is 4.90. The molecule has 0 aliphatic rings. The fraction of sp³-hybridized carbons (Fsp3) is 0.348. The second-order valence-electron chi connectivity index (χ2n) is 7.15. The Labute approximate surface area is 198 Å². The number of anilines is 1. The number of hydrogen-bond donors (Lipinski definition) is 1. The van der Waals surface area contributed by atoms with Crippen molar-refractivity contribution in [2.24, 2.45) is 0 Å². The Morgan fingerprint density at radius 3 is 2.44 bits per heavy atom. The number of aryl methyl sites for hydroxylation is 1. The first kappa shape index (κ1) is 25.2. The lowest BCUT2D eigenvalue weighted by Gasteiger charge is -2.20. The van der Waals surface area contributed by atoms with E-state index in [0.29, 0.717) is 42.9 Å². The van der Waals surface area contributed by atoms with Crippen LogP contribution >= 0.6 is 0 Å². The van der Waals surface area contributed by atoms with E-state index in [0.717, 1.165) is 0 Å². The van der Waals surface area contributed by atoms with Crippen LogP contribution in [0.5, 0.6) is 11.5 Å². The number of aromatic nitrogens is 2. The lowest BCUT2D eigenvalue weighted by molar-refractivity contribution is 0.102. The molecule has 0 saturated carbocycles. The van der Waals surface area contributed by atoms with E-state index < -0.39 is 15.9 Å². The summed E-state index contributed by atoms with van der Waals surface area (Å²) in [5, 5.41) is 6.54. The molecule has 34 heavy (non-hydrogen) atoms. The number of amides is 1. The molecule has 11 heteroatoms. The number of hydrogen-bond acceptors (Lipinski definition) is 8. The zero-order valence-corrected chi connectivity index (χ0v) is 20.4. The molecule has 0 radical (unpaired) electrons. The SMILES string of the molecule is CCOc1ccc(S(=O)(=O)N(CC)CC)cc1NC(=O)c1ccccc1OCc1noc(C)n1. The van der Waals surface area contributed by atoms with E-state index in [4.69, 9.17) is 14.0 Å². The number of benzene rings is 2. The summed E-state index contributed by atoms with van der Waals surface area (Å²) in [6.07, 6.45) is 0. The Bertz CT molecular complexity index is 1240. The molecule has 3 rings (SSSR count). The van der Waals surface area contributed by atoms with E-state index in [1.165, 1.54) is 22.5 Å². The van der Waals surface area contributed by atoms with Gasteiger partial charge >= 0.3 is 0 Å². The van der Waals surface area contributed by atoms with E-state index in [1.54, 1.807) is 52.0 Å². The topological polar surface area (TPSA) is 124 Å². The van der Waals surface area contributed by atoms with E-state index in [-0.39, 0.29) is 22.8 Å². The van der Waals surface area contributed by atoms with Gasteiger partial charge < -0.3 is 19.3 Å². The predicted octanol–water partition coefficient (Wildman–Crippen LogP) is 3.64. The largest absolute Gasteiger partial charge is 0.492 e. The highest BCUT2D eigenvalue weighted by Crippen LogP contribution is 2.30. The lowest BCUT2D eigenvalue weighted by Crippen LogP contribution is -2.30. The quantitative estimate of drug-likeness (QED) is 0.434. The molecule has 0 spiro atoms. The molecule has 0 atom stereocenters. The van der Waals surface area contributed by atoms with Crippen LogP contribution in [-0.2, 0) is 16.6 Å². The van der Waals surface area contributed by atoms with Gasteiger partial charge in [0.1, 0.15) is 11.5 Å². The van der Waals surface area contributed by atoms with Gasteiger partial charge in [-0.25, -0.2) is 8.42 Å². The summed E-state index contributed by atoms with van der Waals surface area (Å²) in [5.74, 6) is 0.939. The molecule has 0 saturated heterocycles. The third kappa shape index (κ3) is 5.72. The third-order valence-corrected chi connectivity index (χ3v) is 6.95. The number of ether oxygens (including phenoxy) is 2. The summed E-state index contributed by atoms with van der Waals surface area (Å²) < 4.78 is 43.6. The van der Waals surface area contributed by atoms with E-state index in [2.05, 4.69) is 15.5 Å². The Morgan fingerprint density at radius 2 is 1.79 bits per heavy atom. The maximum absolute atomic E-state index is 13.2. The first-order valence-electron chi connectivity index (χ1n) is 10.9. The van der Waals surface area contributed by atoms with Crippen molar-refractivity contribution in [3.63, 3.8) is 0 Å². The van der Waals surface area contributed by atoms with E-state index >= 15 is 0 Å². The van der Waals surface area contributed by atoms with Gasteiger partial charge in [-0.2, -0.15) is 9.29 Å². The first-order chi connectivity index (χ1) is 16.3. The van der Waals surface area contributed by atoms with Crippen molar-refractivity contribution in [3.05, 3.63) is 59.7 Å². The van der Waals surface area contributed by atoms with Crippen molar-refractivity contribution in [3.8, 4) is 11.5 Å². The monoisotopic (exact) mass is 488 g/mol. The molecule has 1 N–H and O–H groups in total. The number of para-hydroxylation sites is 1. The van der Waals surface area contributed by atoms with Gasteiger partial charge in [0.25, 0.3) is 5.91 Å². The second kappa shape index (κ2) is 11.1. The summed E-state index contributed by atoms with van der Waals surface area (Å²) in [6, 6.07) is 11.1. The van der Waals surface area contributed by atoms with Crippen LogP contribution in [0.25, 0.3) is 0 Å². The van der Waals surface area contributed by atoms with Crippen LogP contribution in [0.3, 0.4) is 0 Å². The molecule has 1 amide bonds. The summed E-state index contributed by atoms with van der Waals surface area (Å²) in [6.45, 7) is 8.03. The number of carbonyl (C=O) groups is 1. The molecular weight excluding hydrogens is 460 g/mol. The van der Waals surface area contributed by atoms with E-state index in [1.807, 2.05) is 0 Å². The molecule has 1 aromatic heterocycles. The highest BCUT2D eigenvalue weighted by Gasteiger charge is 2.24. The molecular formula is C23H28N4O6S. The number of carbonyl (C=O) groups excluding carboxylic acids is 1. The summed E-state index contributed by atoms with van der Waals surface area (Å²) in [5.41, 5.74) is 0.492. The number of nitrogens with zero attached hydrogens (tertiary/aromatic N) is 3. The van der Waals surface area contributed by atoms with Crippen molar-refractivity contribution < 1.29 is 27.2 Å². The molecule has 0 unspecified atom stereocenters. The van der Waals surface area contributed by atoms with Crippen molar-refractivity contribution in [2.45, 2.75) is 39.2 Å². The number of rotatable bonds is 11. The minimum absolute atomic E-state index is 0.0173. The first-order valence-corrected chi connectivity index (χ1v) is 12.3. The standard InChI is InChI=1S/C23H28N4O6S/c1-5-27(6-2)34(29,30)17-12-13-21(31-7-3)19(14-17)25-23(28)18-10-8-9-11-20(18)32-15-22-24-16(4)33-26-22/h8-14H,5-7,15H2,1-4H3,(H,25,28). The van der Waals surface area contributed by atoms with E-state index in [9.17, 15) is 13.2 Å². The summed E-state index contributed by atoms with van der Waals surface area (Å²) >= 11 is 0. The summed E-state index contributed by atoms with van der Waals surface area (Å²) in [4.78, 5) is 17.3. The van der Waals surface area contributed by atoms with Gasteiger partial charge in [-0.1, -0.05) is 31.1 Å². The van der Waals surface area contributed by atoms with Crippen molar-refractivity contribution in [1.82, 2.24) is 14.4 Å². The molecule has 1 heterocycles. The molecule has 3 aromatic rings. The predicted molar refractivity (Wildman–Crippen MR) is 125 cm³/mol.